The van der Waals surface area contributed by atoms with Gasteiger partial charge in [-0.05, 0) is 49.9 Å². The predicted octanol–water partition coefficient (Wildman–Crippen LogP) is 4.28. The number of nitrogens with zero attached hydrogens (tertiary/aromatic N) is 3. The minimum atomic E-state index is -0.825. The summed E-state index contributed by atoms with van der Waals surface area (Å²) in [6.45, 7) is 7.93. The van der Waals surface area contributed by atoms with Crippen molar-refractivity contribution < 1.29 is 19.3 Å². The van der Waals surface area contributed by atoms with Crippen LogP contribution in [0.1, 0.15) is 66.9 Å². The van der Waals surface area contributed by atoms with Gasteiger partial charge in [0.1, 0.15) is 12.8 Å². The Labute approximate surface area is 225 Å². The second-order valence-corrected chi connectivity index (χ2v) is 10.7. The van der Waals surface area contributed by atoms with Gasteiger partial charge in [0.25, 0.3) is 0 Å². The highest BCUT2D eigenvalue weighted by Crippen LogP contribution is 2.39. The molecule has 1 saturated heterocycles. The molecule has 3 unspecified atom stereocenters. The maximum absolute atomic E-state index is 10.8. The fraction of sp³-hybridized carbons (Fsp3) is 0.500. The molecule has 0 bridgehead atoms. The fourth-order valence-corrected chi connectivity index (χ4v) is 5.35. The van der Waals surface area contributed by atoms with E-state index in [1.54, 1.807) is 11.8 Å². The number of hydrogen-bond donors (Lipinski definition) is 2. The summed E-state index contributed by atoms with van der Waals surface area (Å²) in [4.78, 5) is 2.45. The summed E-state index contributed by atoms with van der Waals surface area (Å²) in [7, 11) is 3.52. The lowest BCUT2D eigenvalue weighted by atomic mass is 10.1. The summed E-state index contributed by atoms with van der Waals surface area (Å²) >= 11 is 0. The number of hydrogen-bond acceptors (Lipinski definition) is 7. The molecule has 204 valence electrons. The van der Waals surface area contributed by atoms with Crippen LogP contribution in [0, 0.1) is 0 Å². The average Bonchev–Trinajstić information content (AvgIpc) is 3.67. The monoisotopic (exact) mass is 520 g/mol. The van der Waals surface area contributed by atoms with E-state index in [0.29, 0.717) is 30.6 Å². The molecular formula is C30H40N4O4. The minimum Gasteiger partial charge on any atom is -0.493 e. The largest absolute Gasteiger partial charge is 0.493 e. The van der Waals surface area contributed by atoms with Crippen molar-refractivity contribution in [3.63, 3.8) is 0 Å². The van der Waals surface area contributed by atoms with E-state index in [-0.39, 0.29) is 12.2 Å². The zero-order valence-electron chi connectivity index (χ0n) is 22.9. The van der Waals surface area contributed by atoms with Crippen molar-refractivity contribution in [1.82, 2.24) is 20.0 Å². The Balaban J connectivity index is 1.20. The third-order valence-electron chi connectivity index (χ3n) is 7.25. The first kappa shape index (κ1) is 26.7. The molecule has 2 heterocycles. The highest BCUT2D eigenvalue weighted by atomic mass is 16.5. The Morgan fingerprint density at radius 1 is 1.08 bits per heavy atom. The van der Waals surface area contributed by atoms with E-state index in [2.05, 4.69) is 53.4 Å². The van der Waals surface area contributed by atoms with Gasteiger partial charge in [0.05, 0.1) is 30.7 Å². The number of para-hydroxylation sites is 1. The summed E-state index contributed by atoms with van der Waals surface area (Å²) in [6, 6.07) is 16.4. The summed E-state index contributed by atoms with van der Waals surface area (Å²) in [5.41, 5.74) is 5.12. The Hall–Kier alpha value is -2.91. The molecule has 8 heteroatoms. The maximum atomic E-state index is 10.8. The van der Waals surface area contributed by atoms with Gasteiger partial charge >= 0.3 is 0 Å². The zero-order chi connectivity index (χ0) is 26.6. The number of methoxy groups -OCH3 is 1. The van der Waals surface area contributed by atoms with Crippen molar-refractivity contribution in [2.45, 2.75) is 70.7 Å². The highest BCUT2D eigenvalue weighted by molar-refractivity contribution is 5.46. The van der Waals surface area contributed by atoms with Crippen LogP contribution in [0.5, 0.6) is 11.5 Å². The van der Waals surface area contributed by atoms with E-state index in [1.807, 2.05) is 31.3 Å². The van der Waals surface area contributed by atoms with Crippen molar-refractivity contribution in [1.29, 1.82) is 0 Å². The number of aryl methyl sites for hydroxylation is 1. The summed E-state index contributed by atoms with van der Waals surface area (Å²) in [5, 5.41) is 18.5. The standard InChI is InChI=1S/C30H40N4O4/c1-20-16-34(17-21(2)38-20)18-22-7-5-8-23(13-22)19-37-28-10-6-9-25(29(28)36-4)15-31-30(35)27-14-26(24-11-12-24)32-33(27)3/h5-10,13-14,20-21,24,30-31,35H,11-12,15-19H2,1-4H3. The van der Waals surface area contributed by atoms with Crippen LogP contribution in [0.15, 0.2) is 48.5 Å². The predicted molar refractivity (Wildman–Crippen MR) is 146 cm³/mol. The van der Waals surface area contributed by atoms with Crippen LogP contribution < -0.4 is 14.8 Å². The SMILES string of the molecule is COc1c(CNC(O)c2cc(C3CC3)nn2C)cccc1OCc1cccc(CN2CC(C)OC(C)C2)c1. The van der Waals surface area contributed by atoms with Crippen LogP contribution in [-0.4, -0.2) is 52.2 Å². The molecule has 1 aliphatic carbocycles. The van der Waals surface area contributed by atoms with Crippen LogP contribution >= 0.6 is 0 Å². The molecule has 1 aromatic heterocycles. The molecule has 0 radical (unpaired) electrons. The molecule has 8 nitrogen and oxygen atoms in total. The van der Waals surface area contributed by atoms with Gasteiger partial charge in [-0.15, -0.1) is 0 Å². The van der Waals surface area contributed by atoms with Gasteiger partial charge in [0.15, 0.2) is 11.5 Å². The third kappa shape index (κ3) is 6.56. The molecule has 38 heavy (non-hydrogen) atoms. The molecule has 2 aliphatic rings. The number of aromatic nitrogens is 2. The molecule has 1 aliphatic heterocycles. The van der Waals surface area contributed by atoms with E-state index in [1.165, 1.54) is 18.4 Å². The number of morpholine rings is 1. The van der Waals surface area contributed by atoms with Gasteiger partial charge in [-0.2, -0.15) is 5.10 Å². The van der Waals surface area contributed by atoms with Crippen LogP contribution in [0.4, 0.5) is 0 Å². The number of benzene rings is 2. The zero-order valence-corrected chi connectivity index (χ0v) is 22.9. The summed E-state index contributed by atoms with van der Waals surface area (Å²) in [5.74, 6) is 1.89. The second-order valence-electron chi connectivity index (χ2n) is 10.7. The van der Waals surface area contributed by atoms with Crippen molar-refractivity contribution in [2.75, 3.05) is 20.2 Å². The summed E-state index contributed by atoms with van der Waals surface area (Å²) in [6.07, 6.45) is 2.05. The lowest BCUT2D eigenvalue weighted by molar-refractivity contribution is -0.0704. The number of ether oxygens (including phenoxy) is 3. The van der Waals surface area contributed by atoms with Gasteiger partial charge in [-0.3, -0.25) is 14.9 Å². The van der Waals surface area contributed by atoms with Crippen LogP contribution in [0.2, 0.25) is 0 Å². The van der Waals surface area contributed by atoms with E-state index < -0.39 is 6.23 Å². The molecule has 3 atom stereocenters. The molecule has 0 spiro atoms. The van der Waals surface area contributed by atoms with Crippen molar-refractivity contribution in [2.24, 2.45) is 7.05 Å². The van der Waals surface area contributed by atoms with Crippen LogP contribution in [0.25, 0.3) is 0 Å². The molecule has 2 aromatic carbocycles. The Morgan fingerprint density at radius 2 is 1.82 bits per heavy atom. The van der Waals surface area contributed by atoms with Gasteiger partial charge in [0.2, 0.25) is 0 Å². The van der Waals surface area contributed by atoms with Gasteiger partial charge in [-0.25, -0.2) is 0 Å². The number of aliphatic hydroxyl groups is 1. The van der Waals surface area contributed by atoms with Crippen molar-refractivity contribution >= 4 is 0 Å². The fourth-order valence-electron chi connectivity index (χ4n) is 5.35. The first-order chi connectivity index (χ1) is 18.4. The topological polar surface area (TPSA) is 81.0 Å². The number of nitrogens with one attached hydrogen (secondary N) is 1. The molecule has 0 amide bonds. The third-order valence-corrected chi connectivity index (χ3v) is 7.25. The van der Waals surface area contributed by atoms with Gasteiger partial charge in [-0.1, -0.05) is 36.4 Å². The molecular weight excluding hydrogens is 480 g/mol. The van der Waals surface area contributed by atoms with Gasteiger partial charge < -0.3 is 19.3 Å². The van der Waals surface area contributed by atoms with Crippen molar-refractivity contribution in [3.05, 3.63) is 76.6 Å². The smallest absolute Gasteiger partial charge is 0.165 e. The highest BCUT2D eigenvalue weighted by Gasteiger charge is 2.28. The average molecular weight is 521 g/mol. The van der Waals surface area contributed by atoms with Crippen LogP contribution in [0.3, 0.4) is 0 Å². The maximum Gasteiger partial charge on any atom is 0.165 e. The summed E-state index contributed by atoms with van der Waals surface area (Å²) < 4.78 is 19.6. The van der Waals surface area contributed by atoms with Crippen LogP contribution in [-0.2, 0) is 31.5 Å². The molecule has 2 N–H and O–H groups in total. The quantitative estimate of drug-likeness (QED) is 0.366. The molecule has 5 rings (SSSR count). The lowest BCUT2D eigenvalue weighted by Crippen LogP contribution is -2.44. The number of rotatable bonds is 11. The Kier molecular flexibility index (Phi) is 8.33. The van der Waals surface area contributed by atoms with E-state index in [0.717, 1.165) is 42.1 Å². The first-order valence-electron chi connectivity index (χ1n) is 13.6. The Bertz CT molecular complexity index is 1210. The Morgan fingerprint density at radius 3 is 2.55 bits per heavy atom. The normalized spacial score (nSPS) is 20.9. The first-order valence-corrected chi connectivity index (χ1v) is 13.6. The van der Waals surface area contributed by atoms with E-state index >= 15 is 0 Å². The minimum absolute atomic E-state index is 0.255. The van der Waals surface area contributed by atoms with Crippen molar-refractivity contribution in [3.8, 4) is 11.5 Å². The van der Waals surface area contributed by atoms with E-state index in [9.17, 15) is 5.11 Å². The molecule has 1 saturated carbocycles. The lowest BCUT2D eigenvalue weighted by Gasteiger charge is -2.35. The van der Waals surface area contributed by atoms with Gasteiger partial charge in [0, 0.05) is 44.7 Å². The second kappa shape index (κ2) is 11.9. The molecule has 3 aromatic rings. The number of aliphatic hydroxyl groups excluding tert-OH is 1. The van der Waals surface area contributed by atoms with E-state index in [4.69, 9.17) is 14.2 Å². The molecule has 2 fully saturated rings.